The Kier molecular flexibility index (Phi) is 4.09. The third-order valence-electron chi connectivity index (χ3n) is 2.58. The molecule has 94 valence electrons. The van der Waals surface area contributed by atoms with Crippen LogP contribution in [0.4, 0.5) is 11.6 Å². The highest BCUT2D eigenvalue weighted by Gasteiger charge is 2.06. The van der Waals surface area contributed by atoms with E-state index < -0.39 is 6.10 Å². The second kappa shape index (κ2) is 5.97. The molecule has 0 aliphatic carbocycles. The summed E-state index contributed by atoms with van der Waals surface area (Å²) in [6.45, 7) is 0.407. The van der Waals surface area contributed by atoms with Crippen LogP contribution in [0.15, 0.2) is 42.7 Å². The summed E-state index contributed by atoms with van der Waals surface area (Å²) in [6.07, 6.45) is 0.919. The second-order valence-corrected chi connectivity index (χ2v) is 3.85. The van der Waals surface area contributed by atoms with Crippen molar-refractivity contribution >= 4 is 11.6 Å². The molecule has 2 rings (SSSR count). The van der Waals surface area contributed by atoms with E-state index in [1.54, 1.807) is 13.1 Å². The molecular weight excluding hydrogens is 228 g/mol. The molecule has 0 aliphatic rings. The zero-order valence-corrected chi connectivity index (χ0v) is 10.2. The molecule has 3 N–H and O–H groups in total. The van der Waals surface area contributed by atoms with Gasteiger partial charge in [0.05, 0.1) is 6.10 Å². The lowest BCUT2D eigenvalue weighted by Crippen LogP contribution is -2.13. The van der Waals surface area contributed by atoms with Gasteiger partial charge in [0.25, 0.3) is 0 Å². The molecule has 18 heavy (non-hydrogen) atoms. The smallest absolute Gasteiger partial charge is 0.131 e. The van der Waals surface area contributed by atoms with Crippen LogP contribution in [0.2, 0.25) is 0 Å². The van der Waals surface area contributed by atoms with Gasteiger partial charge in [0.15, 0.2) is 0 Å². The van der Waals surface area contributed by atoms with E-state index in [1.807, 2.05) is 30.3 Å². The minimum atomic E-state index is -0.556. The molecule has 0 amide bonds. The maximum atomic E-state index is 9.99. The zero-order valence-electron chi connectivity index (χ0n) is 10.2. The summed E-state index contributed by atoms with van der Waals surface area (Å²) in [5.74, 6) is 1.42. The molecule has 1 heterocycles. The van der Waals surface area contributed by atoms with Crippen LogP contribution in [0, 0.1) is 0 Å². The van der Waals surface area contributed by atoms with Crippen molar-refractivity contribution in [1.29, 1.82) is 0 Å². The van der Waals surface area contributed by atoms with Crippen molar-refractivity contribution in [3.05, 3.63) is 48.3 Å². The van der Waals surface area contributed by atoms with Crippen LogP contribution >= 0.6 is 0 Å². The third kappa shape index (κ3) is 3.18. The molecule has 0 saturated carbocycles. The van der Waals surface area contributed by atoms with Crippen LogP contribution in [-0.2, 0) is 0 Å². The van der Waals surface area contributed by atoms with E-state index in [9.17, 15) is 5.11 Å². The Morgan fingerprint density at radius 2 is 1.89 bits per heavy atom. The van der Waals surface area contributed by atoms with Gasteiger partial charge >= 0.3 is 0 Å². The van der Waals surface area contributed by atoms with Gasteiger partial charge in [-0.3, -0.25) is 0 Å². The van der Waals surface area contributed by atoms with Gasteiger partial charge in [0.1, 0.15) is 18.0 Å². The van der Waals surface area contributed by atoms with Crippen LogP contribution in [-0.4, -0.2) is 28.7 Å². The Morgan fingerprint density at radius 1 is 1.17 bits per heavy atom. The van der Waals surface area contributed by atoms with E-state index in [4.69, 9.17) is 0 Å². The summed E-state index contributed by atoms with van der Waals surface area (Å²) in [4.78, 5) is 8.10. The molecule has 0 spiro atoms. The molecule has 1 atom stereocenters. The van der Waals surface area contributed by atoms with Crippen molar-refractivity contribution in [1.82, 2.24) is 9.97 Å². The van der Waals surface area contributed by atoms with Crippen LogP contribution in [0.25, 0.3) is 0 Å². The SMILES string of the molecule is CNc1cc(NCC(O)c2ccccc2)ncn1. The lowest BCUT2D eigenvalue weighted by Gasteiger charge is -2.12. The molecule has 1 aromatic carbocycles. The minimum Gasteiger partial charge on any atom is -0.387 e. The monoisotopic (exact) mass is 244 g/mol. The first-order chi connectivity index (χ1) is 8.79. The Balaban J connectivity index is 1.95. The lowest BCUT2D eigenvalue weighted by molar-refractivity contribution is 0.191. The summed E-state index contributed by atoms with van der Waals surface area (Å²) in [5, 5.41) is 16.0. The fourth-order valence-electron chi connectivity index (χ4n) is 1.58. The normalized spacial score (nSPS) is 11.9. The van der Waals surface area contributed by atoms with Gasteiger partial charge in [-0.15, -0.1) is 0 Å². The minimum absolute atomic E-state index is 0.407. The van der Waals surface area contributed by atoms with Gasteiger partial charge in [-0.2, -0.15) is 0 Å². The highest BCUT2D eigenvalue weighted by Crippen LogP contribution is 2.14. The number of aromatic nitrogens is 2. The van der Waals surface area contributed by atoms with Crippen LogP contribution in [0.1, 0.15) is 11.7 Å². The number of anilines is 2. The Hall–Kier alpha value is -2.14. The highest BCUT2D eigenvalue weighted by atomic mass is 16.3. The van der Waals surface area contributed by atoms with Crippen LogP contribution in [0.3, 0.4) is 0 Å². The van der Waals surface area contributed by atoms with E-state index in [1.165, 1.54) is 6.33 Å². The van der Waals surface area contributed by atoms with E-state index >= 15 is 0 Å². The second-order valence-electron chi connectivity index (χ2n) is 3.85. The molecule has 0 bridgehead atoms. The number of nitrogens with one attached hydrogen (secondary N) is 2. The maximum Gasteiger partial charge on any atom is 0.131 e. The first kappa shape index (κ1) is 12.3. The molecule has 2 aromatic rings. The number of benzene rings is 1. The predicted molar refractivity (Wildman–Crippen MR) is 71.5 cm³/mol. The van der Waals surface area contributed by atoms with Gasteiger partial charge in [0.2, 0.25) is 0 Å². The maximum absolute atomic E-state index is 9.99. The standard InChI is InChI=1S/C13H16N4O/c1-14-12-7-13(17-9-16-12)15-8-11(18)10-5-3-2-4-6-10/h2-7,9,11,18H,8H2,1H3,(H2,14,15,16,17). The molecule has 0 saturated heterocycles. The summed E-state index contributed by atoms with van der Waals surface area (Å²) in [5.41, 5.74) is 0.882. The Bertz CT molecular complexity index is 489. The van der Waals surface area contributed by atoms with Gasteiger partial charge in [-0.25, -0.2) is 9.97 Å². The Labute approximate surface area is 106 Å². The summed E-state index contributed by atoms with van der Waals surface area (Å²) in [7, 11) is 1.80. The number of aliphatic hydroxyl groups excluding tert-OH is 1. The van der Waals surface area contributed by atoms with Crippen LogP contribution in [0.5, 0.6) is 0 Å². The molecule has 1 unspecified atom stereocenters. The van der Waals surface area contributed by atoms with Crippen molar-refractivity contribution in [2.24, 2.45) is 0 Å². The molecule has 0 fully saturated rings. The Morgan fingerprint density at radius 3 is 2.61 bits per heavy atom. The average Bonchev–Trinajstić information content (AvgIpc) is 2.46. The number of nitrogens with zero attached hydrogens (tertiary/aromatic N) is 2. The van der Waals surface area contributed by atoms with Gasteiger partial charge < -0.3 is 15.7 Å². The topological polar surface area (TPSA) is 70.1 Å². The first-order valence-corrected chi connectivity index (χ1v) is 5.76. The summed E-state index contributed by atoms with van der Waals surface area (Å²) in [6, 6.07) is 11.3. The molecule has 0 radical (unpaired) electrons. The molecular formula is C13H16N4O. The fraction of sp³-hybridized carbons (Fsp3) is 0.231. The van der Waals surface area contributed by atoms with Gasteiger partial charge in [0, 0.05) is 19.7 Å². The van der Waals surface area contributed by atoms with Gasteiger partial charge in [-0.1, -0.05) is 30.3 Å². The molecule has 5 nitrogen and oxygen atoms in total. The van der Waals surface area contributed by atoms with E-state index in [0.29, 0.717) is 12.4 Å². The number of rotatable bonds is 5. The van der Waals surface area contributed by atoms with Crippen molar-refractivity contribution in [2.75, 3.05) is 24.2 Å². The molecule has 0 aliphatic heterocycles. The molecule has 5 heteroatoms. The summed E-state index contributed by atoms with van der Waals surface area (Å²) < 4.78 is 0. The summed E-state index contributed by atoms with van der Waals surface area (Å²) >= 11 is 0. The quantitative estimate of drug-likeness (QED) is 0.746. The van der Waals surface area contributed by atoms with Crippen molar-refractivity contribution < 1.29 is 5.11 Å². The number of hydrogen-bond donors (Lipinski definition) is 3. The van der Waals surface area contributed by atoms with E-state index in [0.717, 1.165) is 11.4 Å². The highest BCUT2D eigenvalue weighted by molar-refractivity contribution is 5.46. The third-order valence-corrected chi connectivity index (χ3v) is 2.58. The number of hydrogen-bond acceptors (Lipinski definition) is 5. The largest absolute Gasteiger partial charge is 0.387 e. The van der Waals surface area contributed by atoms with Crippen molar-refractivity contribution in [3.8, 4) is 0 Å². The van der Waals surface area contributed by atoms with Gasteiger partial charge in [-0.05, 0) is 5.56 Å². The average molecular weight is 244 g/mol. The predicted octanol–water partition coefficient (Wildman–Crippen LogP) is 1.66. The molecule has 1 aromatic heterocycles. The first-order valence-electron chi connectivity index (χ1n) is 5.76. The van der Waals surface area contributed by atoms with E-state index in [-0.39, 0.29) is 0 Å². The van der Waals surface area contributed by atoms with Crippen molar-refractivity contribution in [3.63, 3.8) is 0 Å². The fourth-order valence-corrected chi connectivity index (χ4v) is 1.58. The van der Waals surface area contributed by atoms with Crippen LogP contribution < -0.4 is 10.6 Å². The lowest BCUT2D eigenvalue weighted by atomic mass is 10.1. The number of aliphatic hydroxyl groups is 1. The van der Waals surface area contributed by atoms with E-state index in [2.05, 4.69) is 20.6 Å². The van der Waals surface area contributed by atoms with Crippen molar-refractivity contribution in [2.45, 2.75) is 6.10 Å². The zero-order chi connectivity index (χ0) is 12.8.